The second kappa shape index (κ2) is 12.3. The first-order valence-corrected chi connectivity index (χ1v) is 10.4. The fourth-order valence-corrected chi connectivity index (χ4v) is 3.13. The monoisotopic (exact) mass is 470 g/mol. The average Bonchev–Trinajstić information content (AvgIpc) is 2.82. The van der Waals surface area contributed by atoms with Crippen LogP contribution in [-0.4, -0.2) is 64.2 Å². The molecule has 0 spiro atoms. The number of aryl methyl sites for hydroxylation is 2. The fraction of sp³-hybridized carbons (Fsp3) is 0.320. The van der Waals surface area contributed by atoms with E-state index in [1.165, 1.54) is 45.4 Å². The maximum atomic E-state index is 12.3. The summed E-state index contributed by atoms with van der Waals surface area (Å²) >= 11 is 0. The van der Waals surface area contributed by atoms with Gasteiger partial charge in [0.1, 0.15) is 5.75 Å². The van der Waals surface area contributed by atoms with Crippen molar-refractivity contribution in [2.45, 2.75) is 13.8 Å². The lowest BCUT2D eigenvalue weighted by molar-refractivity contribution is -0.148. The number of para-hydroxylation sites is 1. The zero-order valence-corrected chi connectivity index (χ0v) is 20.3. The van der Waals surface area contributed by atoms with E-state index in [1.807, 2.05) is 32.0 Å². The van der Waals surface area contributed by atoms with Crippen LogP contribution >= 0.6 is 0 Å². The van der Waals surface area contributed by atoms with Gasteiger partial charge in [-0.25, -0.2) is 4.79 Å². The van der Waals surface area contributed by atoms with E-state index >= 15 is 0 Å². The van der Waals surface area contributed by atoms with E-state index in [9.17, 15) is 14.4 Å². The second-order valence-electron chi connectivity index (χ2n) is 7.45. The molecule has 0 fully saturated rings. The number of methoxy groups -OCH3 is 3. The predicted octanol–water partition coefficient (Wildman–Crippen LogP) is 2.98. The van der Waals surface area contributed by atoms with Crippen molar-refractivity contribution in [1.82, 2.24) is 4.90 Å². The quantitative estimate of drug-likeness (QED) is 0.421. The van der Waals surface area contributed by atoms with Crippen LogP contribution in [-0.2, 0) is 19.1 Å². The largest absolute Gasteiger partial charge is 0.496 e. The first-order chi connectivity index (χ1) is 16.2. The van der Waals surface area contributed by atoms with E-state index < -0.39 is 18.5 Å². The van der Waals surface area contributed by atoms with Gasteiger partial charge in [-0.05, 0) is 37.1 Å². The van der Waals surface area contributed by atoms with Crippen LogP contribution in [0.4, 0.5) is 5.69 Å². The molecule has 0 unspecified atom stereocenters. The van der Waals surface area contributed by atoms with Gasteiger partial charge in [-0.3, -0.25) is 9.59 Å². The zero-order chi connectivity index (χ0) is 25.3. The topological polar surface area (TPSA) is 103 Å². The predicted molar refractivity (Wildman–Crippen MR) is 128 cm³/mol. The fourth-order valence-electron chi connectivity index (χ4n) is 3.13. The zero-order valence-electron chi connectivity index (χ0n) is 20.3. The van der Waals surface area contributed by atoms with E-state index in [4.69, 9.17) is 18.9 Å². The van der Waals surface area contributed by atoms with Crippen LogP contribution in [0.5, 0.6) is 17.2 Å². The molecule has 0 saturated carbocycles. The number of hydrogen-bond acceptors (Lipinski definition) is 7. The summed E-state index contributed by atoms with van der Waals surface area (Å²) in [7, 11) is 5.95. The van der Waals surface area contributed by atoms with Gasteiger partial charge in [0.2, 0.25) is 5.91 Å². The minimum atomic E-state index is -0.724. The van der Waals surface area contributed by atoms with E-state index in [1.54, 1.807) is 12.1 Å². The molecule has 0 aliphatic heterocycles. The number of likely N-dealkylation sites (N-methyl/N-ethyl adjacent to an activating group) is 1. The first-order valence-electron chi connectivity index (χ1n) is 10.4. The Bertz CT molecular complexity index is 1060. The lowest BCUT2D eigenvalue weighted by Crippen LogP contribution is -2.37. The lowest BCUT2D eigenvalue weighted by atomic mass is 10.1. The van der Waals surface area contributed by atoms with Crippen LogP contribution in [0.15, 0.2) is 36.4 Å². The molecular weight excluding hydrogens is 440 g/mol. The third kappa shape index (κ3) is 6.99. The molecule has 2 aromatic carbocycles. The van der Waals surface area contributed by atoms with Crippen molar-refractivity contribution < 1.29 is 33.3 Å². The van der Waals surface area contributed by atoms with Gasteiger partial charge in [-0.15, -0.1) is 0 Å². The molecule has 0 aliphatic rings. The van der Waals surface area contributed by atoms with Gasteiger partial charge in [-0.1, -0.05) is 18.2 Å². The molecular formula is C25H30N2O7. The van der Waals surface area contributed by atoms with Crippen LogP contribution in [0.3, 0.4) is 0 Å². The summed E-state index contributed by atoms with van der Waals surface area (Å²) in [4.78, 5) is 37.9. The number of nitrogens with one attached hydrogen (secondary N) is 1. The Balaban J connectivity index is 1.91. The average molecular weight is 471 g/mol. The van der Waals surface area contributed by atoms with Crippen molar-refractivity contribution in [2.24, 2.45) is 0 Å². The Hall–Kier alpha value is -4.01. The SMILES string of the molecule is COc1cc(OC)c(OC)cc1/C=C/C(=O)OCC(=O)N(C)CC(=O)Nc1c(C)cccc1C. The summed E-state index contributed by atoms with van der Waals surface area (Å²) in [5, 5.41) is 2.81. The molecule has 0 atom stereocenters. The number of amides is 2. The molecule has 9 nitrogen and oxygen atoms in total. The van der Waals surface area contributed by atoms with Crippen LogP contribution in [0.25, 0.3) is 6.08 Å². The lowest BCUT2D eigenvalue weighted by Gasteiger charge is -2.18. The number of anilines is 1. The minimum absolute atomic E-state index is 0.178. The first kappa shape index (κ1) is 26.2. The van der Waals surface area contributed by atoms with Crippen molar-refractivity contribution in [3.8, 4) is 17.2 Å². The van der Waals surface area contributed by atoms with Gasteiger partial charge < -0.3 is 29.2 Å². The molecule has 2 rings (SSSR count). The normalized spacial score (nSPS) is 10.5. The van der Waals surface area contributed by atoms with Crippen LogP contribution in [0.1, 0.15) is 16.7 Å². The Labute approximate surface area is 199 Å². The van der Waals surface area contributed by atoms with E-state index in [-0.39, 0.29) is 12.5 Å². The van der Waals surface area contributed by atoms with Crippen molar-refractivity contribution in [1.29, 1.82) is 0 Å². The molecule has 182 valence electrons. The number of ether oxygens (including phenoxy) is 4. The number of nitrogens with zero attached hydrogens (tertiary/aromatic N) is 1. The van der Waals surface area contributed by atoms with Crippen molar-refractivity contribution in [3.63, 3.8) is 0 Å². The molecule has 0 bridgehead atoms. The van der Waals surface area contributed by atoms with Gasteiger partial charge in [0.15, 0.2) is 18.1 Å². The maximum Gasteiger partial charge on any atom is 0.331 e. The van der Waals surface area contributed by atoms with Gasteiger partial charge in [0.05, 0.1) is 27.9 Å². The van der Waals surface area contributed by atoms with Crippen molar-refractivity contribution >= 4 is 29.5 Å². The molecule has 34 heavy (non-hydrogen) atoms. The summed E-state index contributed by atoms with van der Waals surface area (Å²) in [6.45, 7) is 3.10. The highest BCUT2D eigenvalue weighted by molar-refractivity contribution is 5.96. The molecule has 0 saturated heterocycles. The molecule has 2 aromatic rings. The Morgan fingerprint density at radius 1 is 0.941 bits per heavy atom. The van der Waals surface area contributed by atoms with Gasteiger partial charge in [-0.2, -0.15) is 0 Å². The summed E-state index contributed by atoms with van der Waals surface area (Å²) in [5.41, 5.74) is 3.13. The van der Waals surface area contributed by atoms with Gasteiger partial charge in [0.25, 0.3) is 5.91 Å². The third-order valence-corrected chi connectivity index (χ3v) is 5.02. The van der Waals surface area contributed by atoms with E-state index in [0.29, 0.717) is 22.8 Å². The van der Waals surface area contributed by atoms with E-state index in [0.717, 1.165) is 16.8 Å². The molecule has 0 aliphatic carbocycles. The molecule has 0 heterocycles. The Morgan fingerprint density at radius 3 is 2.12 bits per heavy atom. The molecule has 0 aromatic heterocycles. The maximum absolute atomic E-state index is 12.3. The second-order valence-corrected chi connectivity index (χ2v) is 7.45. The minimum Gasteiger partial charge on any atom is -0.496 e. The van der Waals surface area contributed by atoms with E-state index in [2.05, 4.69) is 5.32 Å². The number of esters is 1. The van der Waals surface area contributed by atoms with Gasteiger partial charge in [0, 0.05) is 30.4 Å². The number of carbonyl (C=O) groups excluding carboxylic acids is 3. The Morgan fingerprint density at radius 2 is 1.53 bits per heavy atom. The molecule has 2 amide bonds. The van der Waals surface area contributed by atoms with Crippen molar-refractivity contribution in [3.05, 3.63) is 53.1 Å². The van der Waals surface area contributed by atoms with Crippen LogP contribution in [0.2, 0.25) is 0 Å². The smallest absolute Gasteiger partial charge is 0.331 e. The summed E-state index contributed by atoms with van der Waals surface area (Å²) in [6.07, 6.45) is 2.65. The number of rotatable bonds is 10. The number of hydrogen-bond donors (Lipinski definition) is 1. The van der Waals surface area contributed by atoms with Crippen LogP contribution < -0.4 is 19.5 Å². The standard InChI is InChI=1S/C25H30N2O7/c1-16-8-7-9-17(2)25(16)26-22(28)14-27(3)23(29)15-34-24(30)11-10-18-12-20(32-5)21(33-6)13-19(18)31-4/h7-13H,14-15H2,1-6H3,(H,26,28)/b11-10+. The van der Waals surface area contributed by atoms with Crippen LogP contribution in [0, 0.1) is 13.8 Å². The number of benzene rings is 2. The molecule has 0 radical (unpaired) electrons. The highest BCUT2D eigenvalue weighted by Crippen LogP contribution is 2.35. The Kier molecular flexibility index (Phi) is 9.49. The third-order valence-electron chi connectivity index (χ3n) is 5.02. The number of carbonyl (C=O) groups is 3. The summed E-state index contributed by atoms with van der Waals surface area (Å²) < 4.78 is 20.8. The molecule has 1 N–H and O–H groups in total. The molecule has 9 heteroatoms. The highest BCUT2D eigenvalue weighted by atomic mass is 16.5. The summed E-state index contributed by atoms with van der Waals surface area (Å²) in [6, 6.07) is 8.96. The van der Waals surface area contributed by atoms with Gasteiger partial charge >= 0.3 is 5.97 Å². The highest BCUT2D eigenvalue weighted by Gasteiger charge is 2.16. The van der Waals surface area contributed by atoms with Crippen molar-refractivity contribution in [2.75, 3.05) is 46.8 Å². The summed E-state index contributed by atoms with van der Waals surface area (Å²) in [5.74, 6) is -0.172.